The van der Waals surface area contributed by atoms with Crippen LogP contribution in [0, 0.1) is 5.92 Å². The number of hydrogen-bond acceptors (Lipinski definition) is 5. The Bertz CT molecular complexity index is 755. The van der Waals surface area contributed by atoms with Crippen LogP contribution in [0.25, 0.3) is 0 Å². The van der Waals surface area contributed by atoms with Crippen LogP contribution in [-0.4, -0.2) is 42.2 Å². The number of anilines is 2. The molecular weight excluding hydrogens is 360 g/mol. The molecule has 1 fully saturated rings. The van der Waals surface area contributed by atoms with E-state index in [1.807, 2.05) is 0 Å². The summed E-state index contributed by atoms with van der Waals surface area (Å²) in [6.07, 6.45) is 7.12. The number of amides is 3. The number of nitrogens with zero attached hydrogens (tertiary/aromatic N) is 2. The maximum Gasteiger partial charge on any atom is 0.322 e. The van der Waals surface area contributed by atoms with Crippen LogP contribution >= 0.6 is 0 Å². The van der Waals surface area contributed by atoms with Crippen molar-refractivity contribution in [3.05, 3.63) is 36.6 Å². The van der Waals surface area contributed by atoms with E-state index in [0.29, 0.717) is 29.7 Å². The molecule has 3 rings (SSSR count). The molecule has 3 amide bonds. The second-order valence-corrected chi connectivity index (χ2v) is 6.98. The van der Waals surface area contributed by atoms with E-state index < -0.39 is 0 Å². The summed E-state index contributed by atoms with van der Waals surface area (Å²) in [5, 5.41) is 9.18. The Kier molecular flexibility index (Phi) is 6.89. The van der Waals surface area contributed by atoms with Crippen LogP contribution in [0.15, 0.2) is 41.1 Å². The Balaban J connectivity index is 1.64. The lowest BCUT2D eigenvalue weighted by Crippen LogP contribution is -2.43. The largest absolute Gasteiger partial charge is 0.497 e. The summed E-state index contributed by atoms with van der Waals surface area (Å²) in [6, 6.07) is 8.35. The molecule has 0 bridgehead atoms. The quantitative estimate of drug-likeness (QED) is 0.756. The molecule has 2 N–H and O–H groups in total. The fraction of sp³-hybridized carbons (Fsp3) is 0.450. The molecule has 1 saturated carbocycles. The van der Waals surface area contributed by atoms with E-state index in [-0.39, 0.29) is 18.5 Å². The van der Waals surface area contributed by atoms with Gasteiger partial charge in [-0.05, 0) is 43.0 Å². The summed E-state index contributed by atoms with van der Waals surface area (Å²) in [4.78, 5) is 26.8. The van der Waals surface area contributed by atoms with Gasteiger partial charge in [0, 0.05) is 18.3 Å². The molecule has 0 aliphatic heterocycles. The number of aromatic nitrogens is 1. The molecule has 150 valence electrons. The van der Waals surface area contributed by atoms with Gasteiger partial charge in [-0.25, -0.2) is 4.79 Å². The van der Waals surface area contributed by atoms with Crippen LogP contribution in [0.2, 0.25) is 0 Å². The zero-order chi connectivity index (χ0) is 19.8. The second-order valence-electron chi connectivity index (χ2n) is 6.98. The highest BCUT2D eigenvalue weighted by atomic mass is 16.5. The number of rotatable bonds is 7. The smallest absolute Gasteiger partial charge is 0.322 e. The Morgan fingerprint density at radius 3 is 2.54 bits per heavy atom. The highest BCUT2D eigenvalue weighted by Gasteiger charge is 2.23. The lowest BCUT2D eigenvalue weighted by atomic mass is 9.89. The average Bonchev–Trinajstić information content (AvgIpc) is 3.21. The number of nitrogens with one attached hydrogen (secondary N) is 2. The standard InChI is InChI=1S/C20H26N4O4/c1-27-17-9-7-16(8-10-17)21-20(26)24(13-15-5-3-2-4-6-15)14-19(25)22-18-11-12-28-23-18/h7-12,15H,2-6,13-14H2,1H3,(H,21,26)(H,22,23,25). The zero-order valence-corrected chi connectivity index (χ0v) is 16.0. The Hall–Kier alpha value is -3.03. The first-order valence-corrected chi connectivity index (χ1v) is 9.54. The molecular formula is C20H26N4O4. The number of hydrogen-bond donors (Lipinski definition) is 2. The molecule has 2 aromatic rings. The van der Waals surface area contributed by atoms with E-state index in [0.717, 1.165) is 12.8 Å². The number of benzene rings is 1. The van der Waals surface area contributed by atoms with Gasteiger partial charge >= 0.3 is 6.03 Å². The lowest BCUT2D eigenvalue weighted by molar-refractivity contribution is -0.116. The third-order valence-corrected chi connectivity index (χ3v) is 4.87. The minimum atomic E-state index is -0.311. The van der Waals surface area contributed by atoms with Gasteiger partial charge in [-0.1, -0.05) is 24.4 Å². The number of carbonyl (C=O) groups is 2. The molecule has 1 aliphatic carbocycles. The van der Waals surface area contributed by atoms with Gasteiger partial charge in [0.15, 0.2) is 5.82 Å². The van der Waals surface area contributed by atoms with Gasteiger partial charge in [0.25, 0.3) is 0 Å². The topological polar surface area (TPSA) is 96.7 Å². The van der Waals surface area contributed by atoms with E-state index in [2.05, 4.69) is 15.8 Å². The summed E-state index contributed by atoms with van der Waals surface area (Å²) in [5.41, 5.74) is 0.649. The Morgan fingerprint density at radius 2 is 1.89 bits per heavy atom. The molecule has 0 spiro atoms. The molecule has 1 aromatic heterocycles. The van der Waals surface area contributed by atoms with Crippen LogP contribution < -0.4 is 15.4 Å². The van der Waals surface area contributed by atoms with E-state index in [9.17, 15) is 9.59 Å². The van der Waals surface area contributed by atoms with Gasteiger partial charge in [0.2, 0.25) is 5.91 Å². The number of carbonyl (C=O) groups excluding carboxylic acids is 2. The second kappa shape index (κ2) is 9.77. The third-order valence-electron chi connectivity index (χ3n) is 4.87. The molecule has 1 aliphatic rings. The first-order valence-electron chi connectivity index (χ1n) is 9.54. The molecule has 0 atom stereocenters. The van der Waals surface area contributed by atoms with Gasteiger partial charge < -0.3 is 24.8 Å². The molecule has 8 heteroatoms. The normalized spacial score (nSPS) is 14.3. The van der Waals surface area contributed by atoms with Crippen molar-refractivity contribution >= 4 is 23.4 Å². The van der Waals surface area contributed by atoms with Crippen molar-refractivity contribution in [1.82, 2.24) is 10.1 Å². The van der Waals surface area contributed by atoms with Gasteiger partial charge in [-0.15, -0.1) is 0 Å². The predicted octanol–water partition coefficient (Wildman–Crippen LogP) is 3.74. The Morgan fingerprint density at radius 1 is 1.14 bits per heavy atom. The predicted molar refractivity (Wildman–Crippen MR) is 105 cm³/mol. The maximum absolute atomic E-state index is 12.8. The highest BCUT2D eigenvalue weighted by molar-refractivity contribution is 5.96. The molecule has 1 aromatic carbocycles. The van der Waals surface area contributed by atoms with Crippen molar-refractivity contribution < 1.29 is 18.8 Å². The van der Waals surface area contributed by atoms with Gasteiger partial charge in [-0.2, -0.15) is 0 Å². The highest BCUT2D eigenvalue weighted by Crippen LogP contribution is 2.25. The van der Waals surface area contributed by atoms with Crippen molar-refractivity contribution in [2.45, 2.75) is 32.1 Å². The zero-order valence-electron chi connectivity index (χ0n) is 16.0. The lowest BCUT2D eigenvalue weighted by Gasteiger charge is -2.29. The molecule has 8 nitrogen and oxygen atoms in total. The first kappa shape index (κ1) is 19.7. The summed E-state index contributed by atoms with van der Waals surface area (Å²) < 4.78 is 9.85. The molecule has 0 saturated heterocycles. The molecule has 0 radical (unpaired) electrons. The van der Waals surface area contributed by atoms with E-state index in [1.54, 1.807) is 42.3 Å². The van der Waals surface area contributed by atoms with Crippen LogP contribution in [0.4, 0.5) is 16.3 Å². The van der Waals surface area contributed by atoms with E-state index >= 15 is 0 Å². The molecule has 28 heavy (non-hydrogen) atoms. The van der Waals surface area contributed by atoms with Crippen molar-refractivity contribution in [2.24, 2.45) is 5.92 Å². The Labute approximate surface area is 164 Å². The van der Waals surface area contributed by atoms with Crippen molar-refractivity contribution in [2.75, 3.05) is 30.8 Å². The van der Waals surface area contributed by atoms with Crippen molar-refractivity contribution in [1.29, 1.82) is 0 Å². The van der Waals surface area contributed by atoms with Gasteiger partial charge in [0.05, 0.1) is 7.11 Å². The monoisotopic (exact) mass is 386 g/mol. The van der Waals surface area contributed by atoms with Crippen molar-refractivity contribution in [3.63, 3.8) is 0 Å². The van der Waals surface area contributed by atoms with Crippen LogP contribution in [0.3, 0.4) is 0 Å². The summed E-state index contributed by atoms with van der Waals surface area (Å²) in [5.74, 6) is 1.15. The van der Waals surface area contributed by atoms with Crippen molar-refractivity contribution in [3.8, 4) is 5.75 Å². The summed E-state index contributed by atoms with van der Waals surface area (Å²) in [7, 11) is 1.59. The SMILES string of the molecule is COc1ccc(NC(=O)N(CC(=O)Nc2ccon2)CC2CCCCC2)cc1. The van der Waals surface area contributed by atoms with E-state index in [4.69, 9.17) is 9.26 Å². The summed E-state index contributed by atoms with van der Waals surface area (Å²) in [6.45, 7) is 0.500. The first-order chi connectivity index (χ1) is 13.6. The molecule has 0 unspecified atom stereocenters. The minimum Gasteiger partial charge on any atom is -0.497 e. The van der Waals surface area contributed by atoms with Crippen LogP contribution in [0.5, 0.6) is 5.75 Å². The average molecular weight is 386 g/mol. The van der Waals surface area contributed by atoms with Gasteiger partial charge in [0.1, 0.15) is 18.6 Å². The minimum absolute atomic E-state index is 0.0502. The number of urea groups is 1. The van der Waals surface area contributed by atoms with Crippen LogP contribution in [-0.2, 0) is 4.79 Å². The van der Waals surface area contributed by atoms with Gasteiger partial charge in [-0.3, -0.25) is 4.79 Å². The fourth-order valence-corrected chi connectivity index (χ4v) is 3.41. The fourth-order valence-electron chi connectivity index (χ4n) is 3.41. The number of methoxy groups -OCH3 is 1. The number of ether oxygens (including phenoxy) is 1. The third kappa shape index (κ3) is 5.73. The maximum atomic E-state index is 12.8. The van der Waals surface area contributed by atoms with E-state index in [1.165, 1.54) is 25.5 Å². The molecule has 1 heterocycles. The van der Waals surface area contributed by atoms with Crippen LogP contribution in [0.1, 0.15) is 32.1 Å². The summed E-state index contributed by atoms with van der Waals surface area (Å²) >= 11 is 0.